The second-order valence-electron chi connectivity index (χ2n) is 5.15. The van der Waals surface area contributed by atoms with E-state index in [1.807, 2.05) is 6.07 Å². The van der Waals surface area contributed by atoms with Gasteiger partial charge in [0.1, 0.15) is 6.54 Å². The van der Waals surface area contributed by atoms with E-state index in [1.165, 1.54) is 6.07 Å². The molecule has 3 rings (SSSR count). The van der Waals surface area contributed by atoms with E-state index in [2.05, 4.69) is 5.10 Å². The molecule has 0 aliphatic rings. The summed E-state index contributed by atoms with van der Waals surface area (Å²) in [6.45, 7) is -0.144. The normalized spacial score (nSPS) is 10.6. The first-order valence-electron chi connectivity index (χ1n) is 7.16. The summed E-state index contributed by atoms with van der Waals surface area (Å²) in [5.74, 6) is -0.218. The van der Waals surface area contributed by atoms with Crippen LogP contribution in [0.5, 0.6) is 0 Å². The van der Waals surface area contributed by atoms with E-state index >= 15 is 0 Å². The highest BCUT2D eigenvalue weighted by molar-refractivity contribution is 6.31. The van der Waals surface area contributed by atoms with Gasteiger partial charge in [-0.05, 0) is 42.5 Å². The zero-order chi connectivity index (χ0) is 17.1. The van der Waals surface area contributed by atoms with Crippen LogP contribution in [0.2, 0.25) is 10.0 Å². The van der Waals surface area contributed by atoms with Crippen LogP contribution in [0.15, 0.2) is 65.5 Å². The fraction of sp³-hybridized carbons (Fsp3) is 0.0556. The molecule has 0 saturated carbocycles. The van der Waals surface area contributed by atoms with E-state index in [9.17, 15) is 9.59 Å². The molecule has 0 unspecified atom stereocenters. The Balaban J connectivity index is 1.91. The summed E-state index contributed by atoms with van der Waals surface area (Å²) < 4.78 is 1.15. The minimum Gasteiger partial charge on any atom is -0.292 e. The number of hydrogen-bond donors (Lipinski definition) is 0. The van der Waals surface area contributed by atoms with Crippen molar-refractivity contribution in [3.8, 4) is 11.3 Å². The van der Waals surface area contributed by atoms with Gasteiger partial charge >= 0.3 is 0 Å². The van der Waals surface area contributed by atoms with Crippen LogP contribution >= 0.6 is 23.2 Å². The number of Topliss-reactive ketones (excluding diaryl/α,β-unsaturated/α-hetero) is 1. The third kappa shape index (κ3) is 3.72. The quantitative estimate of drug-likeness (QED) is 0.659. The van der Waals surface area contributed by atoms with Gasteiger partial charge in [0.2, 0.25) is 0 Å². The summed E-state index contributed by atoms with van der Waals surface area (Å²) >= 11 is 11.8. The molecule has 0 aliphatic heterocycles. The maximum Gasteiger partial charge on any atom is 0.267 e. The lowest BCUT2D eigenvalue weighted by atomic mass is 10.1. The molecule has 0 saturated heterocycles. The number of hydrogen-bond acceptors (Lipinski definition) is 3. The SMILES string of the molecule is O=C(Cn1nc(-c2cccc(Cl)c2)ccc1=O)c1ccc(Cl)cc1. The lowest BCUT2D eigenvalue weighted by Crippen LogP contribution is -2.26. The highest BCUT2D eigenvalue weighted by Crippen LogP contribution is 2.19. The van der Waals surface area contributed by atoms with Gasteiger partial charge in [-0.3, -0.25) is 9.59 Å². The molecule has 0 spiro atoms. The van der Waals surface area contributed by atoms with Crippen molar-refractivity contribution in [3.05, 3.63) is 86.6 Å². The summed E-state index contributed by atoms with van der Waals surface area (Å²) in [4.78, 5) is 24.3. The second-order valence-corrected chi connectivity index (χ2v) is 6.03. The summed E-state index contributed by atoms with van der Waals surface area (Å²) in [5, 5.41) is 5.38. The molecule has 4 nitrogen and oxygen atoms in total. The molecular formula is C18H12Cl2N2O2. The molecule has 1 heterocycles. The van der Waals surface area contributed by atoms with Crippen LogP contribution in [0, 0.1) is 0 Å². The van der Waals surface area contributed by atoms with Crippen molar-refractivity contribution < 1.29 is 4.79 Å². The van der Waals surface area contributed by atoms with Gasteiger partial charge in [0.05, 0.1) is 5.69 Å². The van der Waals surface area contributed by atoms with Crippen LogP contribution in [-0.4, -0.2) is 15.6 Å². The molecule has 0 bridgehead atoms. The van der Waals surface area contributed by atoms with Gasteiger partial charge < -0.3 is 0 Å². The molecule has 0 amide bonds. The average molecular weight is 359 g/mol. The number of ketones is 1. The van der Waals surface area contributed by atoms with E-state index in [4.69, 9.17) is 23.2 Å². The van der Waals surface area contributed by atoms with Crippen molar-refractivity contribution >= 4 is 29.0 Å². The first-order valence-corrected chi connectivity index (χ1v) is 7.91. The Morgan fingerprint density at radius 2 is 1.71 bits per heavy atom. The molecular weight excluding hydrogens is 347 g/mol. The summed E-state index contributed by atoms with van der Waals surface area (Å²) in [6, 6.07) is 16.6. The summed E-state index contributed by atoms with van der Waals surface area (Å²) in [6.07, 6.45) is 0. The zero-order valence-corrected chi connectivity index (χ0v) is 14.0. The Morgan fingerprint density at radius 3 is 2.42 bits per heavy atom. The molecule has 3 aromatic rings. The first-order chi connectivity index (χ1) is 11.5. The molecule has 2 aromatic carbocycles. The second kappa shape index (κ2) is 6.99. The zero-order valence-electron chi connectivity index (χ0n) is 12.4. The number of carbonyl (C=O) groups is 1. The van der Waals surface area contributed by atoms with Crippen LogP contribution in [0.4, 0.5) is 0 Å². The molecule has 24 heavy (non-hydrogen) atoms. The molecule has 120 valence electrons. The van der Waals surface area contributed by atoms with E-state index in [0.29, 0.717) is 21.3 Å². The molecule has 1 aromatic heterocycles. The summed E-state index contributed by atoms with van der Waals surface area (Å²) in [7, 11) is 0. The minimum atomic E-state index is -0.344. The maximum atomic E-state index is 12.3. The van der Waals surface area contributed by atoms with Crippen molar-refractivity contribution in [2.45, 2.75) is 6.54 Å². The van der Waals surface area contributed by atoms with E-state index in [0.717, 1.165) is 10.2 Å². The molecule has 0 fully saturated rings. The smallest absolute Gasteiger partial charge is 0.267 e. The highest BCUT2D eigenvalue weighted by atomic mass is 35.5. The molecule has 0 radical (unpaired) electrons. The van der Waals surface area contributed by atoms with Gasteiger partial charge in [0.15, 0.2) is 5.78 Å². The molecule has 6 heteroatoms. The largest absolute Gasteiger partial charge is 0.292 e. The fourth-order valence-electron chi connectivity index (χ4n) is 2.23. The number of halogens is 2. The van der Waals surface area contributed by atoms with Gasteiger partial charge in [0.25, 0.3) is 5.56 Å². The fourth-order valence-corrected chi connectivity index (χ4v) is 2.54. The molecule has 0 N–H and O–H groups in total. The van der Waals surface area contributed by atoms with Crippen LogP contribution in [0.3, 0.4) is 0 Å². The Bertz CT molecular complexity index is 950. The van der Waals surface area contributed by atoms with Gasteiger partial charge in [0, 0.05) is 27.2 Å². The predicted molar refractivity (Wildman–Crippen MR) is 94.7 cm³/mol. The Labute approximate surface area is 148 Å². The van der Waals surface area contributed by atoms with E-state index < -0.39 is 0 Å². The van der Waals surface area contributed by atoms with Gasteiger partial charge in [-0.25, -0.2) is 4.68 Å². The Kier molecular flexibility index (Phi) is 4.79. The predicted octanol–water partition coefficient (Wildman–Crippen LogP) is 4.10. The molecule has 0 atom stereocenters. The van der Waals surface area contributed by atoms with Crippen LogP contribution < -0.4 is 5.56 Å². The lowest BCUT2D eigenvalue weighted by molar-refractivity contribution is 0.0966. The third-order valence-corrected chi connectivity index (χ3v) is 3.93. The average Bonchev–Trinajstić information content (AvgIpc) is 2.57. The lowest BCUT2D eigenvalue weighted by Gasteiger charge is -2.07. The third-order valence-electron chi connectivity index (χ3n) is 3.45. The first kappa shape index (κ1) is 16.4. The Morgan fingerprint density at radius 1 is 0.958 bits per heavy atom. The summed E-state index contributed by atoms with van der Waals surface area (Å²) in [5.41, 5.74) is 1.47. The van der Waals surface area contributed by atoms with Crippen molar-refractivity contribution in [1.29, 1.82) is 0 Å². The number of benzene rings is 2. The monoisotopic (exact) mass is 358 g/mol. The van der Waals surface area contributed by atoms with Crippen LogP contribution in [0.25, 0.3) is 11.3 Å². The van der Waals surface area contributed by atoms with Gasteiger partial charge in [-0.1, -0.05) is 35.3 Å². The van der Waals surface area contributed by atoms with Crippen molar-refractivity contribution in [3.63, 3.8) is 0 Å². The van der Waals surface area contributed by atoms with Crippen LogP contribution in [-0.2, 0) is 6.54 Å². The van der Waals surface area contributed by atoms with E-state index in [1.54, 1.807) is 48.5 Å². The maximum absolute atomic E-state index is 12.3. The topological polar surface area (TPSA) is 52.0 Å². The Hall–Kier alpha value is -2.43. The van der Waals surface area contributed by atoms with Crippen LogP contribution in [0.1, 0.15) is 10.4 Å². The minimum absolute atomic E-state index is 0.144. The van der Waals surface area contributed by atoms with Crippen molar-refractivity contribution in [2.75, 3.05) is 0 Å². The number of nitrogens with zero attached hydrogens (tertiary/aromatic N) is 2. The highest BCUT2D eigenvalue weighted by Gasteiger charge is 2.10. The van der Waals surface area contributed by atoms with Gasteiger partial charge in [-0.2, -0.15) is 5.10 Å². The van der Waals surface area contributed by atoms with Crippen molar-refractivity contribution in [1.82, 2.24) is 9.78 Å². The van der Waals surface area contributed by atoms with E-state index in [-0.39, 0.29) is 17.9 Å². The number of carbonyl (C=O) groups excluding carboxylic acids is 1. The van der Waals surface area contributed by atoms with Gasteiger partial charge in [-0.15, -0.1) is 0 Å². The standard InChI is InChI=1S/C18H12Cl2N2O2/c19-14-6-4-12(5-7-14)17(23)11-22-18(24)9-8-16(21-22)13-2-1-3-15(20)10-13/h1-10H,11H2. The number of rotatable bonds is 4. The molecule has 0 aliphatic carbocycles. The number of aromatic nitrogens is 2. The van der Waals surface area contributed by atoms with Crippen molar-refractivity contribution in [2.24, 2.45) is 0 Å².